The second-order valence-corrected chi connectivity index (χ2v) is 9.88. The summed E-state index contributed by atoms with van der Waals surface area (Å²) >= 11 is 0. The number of ether oxygens (including phenoxy) is 2. The summed E-state index contributed by atoms with van der Waals surface area (Å²) < 4.78 is 11.3. The number of rotatable bonds is 13. The molecule has 0 heterocycles. The molecule has 0 saturated carbocycles. The van der Waals surface area contributed by atoms with Crippen LogP contribution in [0.5, 0.6) is 11.5 Å². The molecule has 0 aliphatic heterocycles. The number of amides is 2. The van der Waals surface area contributed by atoms with Crippen LogP contribution in [0, 0.1) is 13.8 Å². The molecule has 41 heavy (non-hydrogen) atoms. The van der Waals surface area contributed by atoms with Crippen molar-refractivity contribution in [2.75, 3.05) is 25.5 Å². The number of aryl methyl sites for hydroxylation is 2. The van der Waals surface area contributed by atoms with Crippen LogP contribution < -0.4 is 25.4 Å². The van der Waals surface area contributed by atoms with E-state index in [1.165, 1.54) is 0 Å². The largest absolute Gasteiger partial charge is 0.497 e. The highest BCUT2D eigenvalue weighted by Crippen LogP contribution is 2.26. The van der Waals surface area contributed by atoms with Crippen molar-refractivity contribution in [1.82, 2.24) is 10.6 Å². The van der Waals surface area contributed by atoms with Crippen molar-refractivity contribution >= 4 is 17.5 Å². The van der Waals surface area contributed by atoms with E-state index in [4.69, 9.17) is 9.47 Å². The Hall–Kier alpha value is -4.78. The van der Waals surface area contributed by atoms with Crippen LogP contribution in [0.3, 0.4) is 0 Å². The monoisotopic (exact) mass is 551 g/mol. The smallest absolute Gasteiger partial charge is 0.251 e. The average Bonchev–Trinajstić information content (AvgIpc) is 2.99. The number of nitrogens with one attached hydrogen (secondary N) is 3. The van der Waals surface area contributed by atoms with Gasteiger partial charge >= 0.3 is 0 Å². The van der Waals surface area contributed by atoms with Gasteiger partial charge < -0.3 is 25.4 Å². The molecule has 3 N–H and O–H groups in total. The van der Waals surface area contributed by atoms with Crippen molar-refractivity contribution in [2.24, 2.45) is 0 Å². The van der Waals surface area contributed by atoms with Crippen molar-refractivity contribution < 1.29 is 19.1 Å². The predicted molar refractivity (Wildman–Crippen MR) is 163 cm³/mol. The van der Waals surface area contributed by atoms with Gasteiger partial charge in [0, 0.05) is 30.8 Å². The molecule has 0 aliphatic carbocycles. The summed E-state index contributed by atoms with van der Waals surface area (Å²) in [5.41, 5.74) is 5.16. The summed E-state index contributed by atoms with van der Waals surface area (Å²) in [6, 6.07) is 30.1. The van der Waals surface area contributed by atoms with Crippen LogP contribution in [0.4, 0.5) is 5.69 Å². The van der Waals surface area contributed by atoms with Gasteiger partial charge in [-0.05, 0) is 72.5 Å². The van der Waals surface area contributed by atoms with Crippen LogP contribution in [0.25, 0.3) is 0 Å². The van der Waals surface area contributed by atoms with E-state index in [2.05, 4.69) is 16.0 Å². The highest BCUT2D eigenvalue weighted by atomic mass is 16.5. The first-order chi connectivity index (χ1) is 19.9. The summed E-state index contributed by atoms with van der Waals surface area (Å²) in [6.45, 7) is 5.23. The third-order valence-electron chi connectivity index (χ3n) is 6.70. The first kappa shape index (κ1) is 29.2. The summed E-state index contributed by atoms with van der Waals surface area (Å²) in [5, 5.41) is 9.19. The van der Waals surface area contributed by atoms with Gasteiger partial charge in [0.05, 0.1) is 7.11 Å². The van der Waals surface area contributed by atoms with Crippen LogP contribution >= 0.6 is 0 Å². The van der Waals surface area contributed by atoms with Crippen LogP contribution in [-0.2, 0) is 17.8 Å². The van der Waals surface area contributed by atoms with Crippen molar-refractivity contribution in [3.8, 4) is 11.5 Å². The summed E-state index contributed by atoms with van der Waals surface area (Å²) in [4.78, 5) is 26.6. The molecule has 1 atom stereocenters. The molecule has 0 radical (unpaired) electrons. The Labute approximate surface area is 241 Å². The van der Waals surface area contributed by atoms with Crippen LogP contribution in [0.15, 0.2) is 97.1 Å². The van der Waals surface area contributed by atoms with Crippen molar-refractivity contribution in [2.45, 2.75) is 32.9 Å². The minimum absolute atomic E-state index is 0.241. The van der Waals surface area contributed by atoms with Crippen molar-refractivity contribution in [3.63, 3.8) is 0 Å². The van der Waals surface area contributed by atoms with E-state index < -0.39 is 6.04 Å². The van der Waals surface area contributed by atoms with Gasteiger partial charge in [-0.1, -0.05) is 60.7 Å². The van der Waals surface area contributed by atoms with Crippen LogP contribution in [-0.4, -0.2) is 38.1 Å². The van der Waals surface area contributed by atoms with Crippen LogP contribution in [0.1, 0.15) is 32.6 Å². The Bertz CT molecular complexity index is 1400. The number of methoxy groups -OCH3 is 1. The van der Waals surface area contributed by atoms with Gasteiger partial charge in [-0.25, -0.2) is 0 Å². The zero-order valence-corrected chi connectivity index (χ0v) is 23.8. The summed E-state index contributed by atoms with van der Waals surface area (Å²) in [5.74, 6) is 0.990. The molecule has 1 unspecified atom stereocenters. The molecule has 0 spiro atoms. The lowest BCUT2D eigenvalue weighted by atomic mass is 10.0. The fourth-order valence-electron chi connectivity index (χ4n) is 4.56. The zero-order valence-electron chi connectivity index (χ0n) is 23.8. The van der Waals surface area contributed by atoms with E-state index in [9.17, 15) is 9.59 Å². The van der Waals surface area contributed by atoms with Gasteiger partial charge in [-0.15, -0.1) is 0 Å². The Morgan fingerprint density at radius 3 is 2.00 bits per heavy atom. The topological polar surface area (TPSA) is 88.7 Å². The van der Waals surface area contributed by atoms with E-state index in [1.54, 1.807) is 19.2 Å². The molecule has 0 aliphatic rings. The van der Waals surface area contributed by atoms with E-state index in [1.807, 2.05) is 98.8 Å². The molecule has 7 nitrogen and oxygen atoms in total. The molecular weight excluding hydrogens is 514 g/mol. The number of carbonyl (C=O) groups excluding carboxylic acids is 2. The summed E-state index contributed by atoms with van der Waals surface area (Å²) in [7, 11) is 1.63. The third kappa shape index (κ3) is 8.60. The molecule has 0 fully saturated rings. The molecular formula is C34H37N3O4. The van der Waals surface area contributed by atoms with E-state index in [-0.39, 0.29) is 11.8 Å². The quantitative estimate of drug-likeness (QED) is 0.192. The van der Waals surface area contributed by atoms with Gasteiger partial charge in [0.1, 0.15) is 24.1 Å². The number of anilines is 1. The Morgan fingerprint density at radius 2 is 1.39 bits per heavy atom. The molecule has 4 aromatic rings. The molecule has 2 amide bonds. The molecule has 0 bridgehead atoms. The fraction of sp³-hybridized carbons (Fsp3) is 0.235. The first-order valence-electron chi connectivity index (χ1n) is 13.7. The molecule has 212 valence electrons. The van der Waals surface area contributed by atoms with Crippen molar-refractivity contribution in [3.05, 3.63) is 125 Å². The van der Waals surface area contributed by atoms with Gasteiger partial charge in [0.15, 0.2) is 0 Å². The lowest BCUT2D eigenvalue weighted by Crippen LogP contribution is -2.48. The molecule has 0 saturated heterocycles. The van der Waals surface area contributed by atoms with Crippen LogP contribution in [0.2, 0.25) is 0 Å². The molecule has 0 aromatic heterocycles. The molecule has 4 rings (SSSR count). The highest BCUT2D eigenvalue weighted by Gasteiger charge is 2.22. The van der Waals surface area contributed by atoms with Gasteiger partial charge in [-0.2, -0.15) is 0 Å². The van der Waals surface area contributed by atoms with E-state index >= 15 is 0 Å². The SMILES string of the molecule is COc1ccc(NCCNC(=O)C(Cc2ccccc2)NC(=O)c2cc(C)c(OCc3ccccc3)c(C)c2)cc1. The number of carbonyl (C=O) groups is 2. The Morgan fingerprint density at radius 1 is 0.780 bits per heavy atom. The minimum Gasteiger partial charge on any atom is -0.497 e. The normalized spacial score (nSPS) is 11.3. The lowest BCUT2D eigenvalue weighted by Gasteiger charge is -2.20. The standard InChI is InChI=1S/C34H37N3O4/c1-24-20-28(21-25(2)32(24)41-23-27-12-8-5-9-13-27)33(38)37-31(22-26-10-6-4-7-11-26)34(39)36-19-18-35-29-14-16-30(40-3)17-15-29/h4-17,20-21,31,35H,18-19,22-23H2,1-3H3,(H,36,39)(H,37,38). The third-order valence-corrected chi connectivity index (χ3v) is 6.70. The Balaban J connectivity index is 1.39. The maximum Gasteiger partial charge on any atom is 0.251 e. The fourth-order valence-corrected chi connectivity index (χ4v) is 4.56. The summed E-state index contributed by atoms with van der Waals surface area (Å²) in [6.07, 6.45) is 0.376. The molecule has 4 aromatic carbocycles. The zero-order chi connectivity index (χ0) is 29.0. The van der Waals surface area contributed by atoms with Gasteiger partial charge in [0.2, 0.25) is 5.91 Å². The van der Waals surface area contributed by atoms with Gasteiger partial charge in [0.25, 0.3) is 5.91 Å². The van der Waals surface area contributed by atoms with Crippen molar-refractivity contribution in [1.29, 1.82) is 0 Å². The van der Waals surface area contributed by atoms with E-state index in [0.29, 0.717) is 31.7 Å². The minimum atomic E-state index is -0.736. The average molecular weight is 552 g/mol. The second-order valence-electron chi connectivity index (χ2n) is 9.88. The second kappa shape index (κ2) is 14.6. The first-order valence-corrected chi connectivity index (χ1v) is 13.7. The molecule has 7 heteroatoms. The maximum absolute atomic E-state index is 13.4. The lowest BCUT2D eigenvalue weighted by molar-refractivity contribution is -0.122. The Kier molecular flexibility index (Phi) is 10.4. The van der Waals surface area contributed by atoms with E-state index in [0.717, 1.165) is 39.4 Å². The highest BCUT2D eigenvalue weighted by molar-refractivity contribution is 5.98. The van der Waals surface area contributed by atoms with Gasteiger partial charge in [-0.3, -0.25) is 9.59 Å². The predicted octanol–water partition coefficient (Wildman–Crippen LogP) is 5.46. The number of benzene rings is 4. The number of hydrogen-bond donors (Lipinski definition) is 3. The maximum atomic E-state index is 13.4. The number of hydrogen-bond acceptors (Lipinski definition) is 5.